The smallest absolute Gasteiger partial charge is 0.119 e. The normalized spacial score (nSPS) is 10.7. The molecule has 0 aliphatic rings. The van der Waals surface area contributed by atoms with Crippen molar-refractivity contribution in [3.8, 4) is 5.75 Å². The summed E-state index contributed by atoms with van der Waals surface area (Å²) in [6, 6.07) is 26.5. The van der Waals surface area contributed by atoms with Crippen LogP contribution in [0.15, 0.2) is 78.9 Å². The van der Waals surface area contributed by atoms with Gasteiger partial charge in [0.1, 0.15) is 5.75 Å². The van der Waals surface area contributed by atoms with E-state index >= 15 is 0 Å². The molecule has 0 atom stereocenters. The number of rotatable bonds is 5. The fraction of sp³-hybridized carbons (Fsp3) is 0.0476. The standard InChI is InChI=1S/C21H19NO/c1-23-20-15-13-19(14-16-20)22-21-10-6-5-9-18(21)12-11-17-7-3-2-4-8-17/h2-16,22H,1H3/b12-11+. The lowest BCUT2D eigenvalue weighted by Gasteiger charge is -2.10. The topological polar surface area (TPSA) is 21.3 Å². The Morgan fingerprint density at radius 1 is 0.739 bits per heavy atom. The molecular formula is C21H19NO. The second-order valence-electron chi connectivity index (χ2n) is 5.18. The molecule has 0 aliphatic heterocycles. The predicted octanol–water partition coefficient (Wildman–Crippen LogP) is 5.61. The van der Waals surface area contributed by atoms with Crippen LogP contribution >= 0.6 is 0 Å². The van der Waals surface area contributed by atoms with Crippen LogP contribution in [-0.4, -0.2) is 7.11 Å². The van der Waals surface area contributed by atoms with Crippen LogP contribution in [0.5, 0.6) is 5.75 Å². The number of nitrogens with one attached hydrogen (secondary N) is 1. The van der Waals surface area contributed by atoms with Gasteiger partial charge in [-0.2, -0.15) is 0 Å². The molecule has 2 nitrogen and oxygen atoms in total. The average Bonchev–Trinajstić information content (AvgIpc) is 2.62. The highest BCUT2D eigenvalue weighted by Gasteiger charge is 2.00. The number of para-hydroxylation sites is 1. The van der Waals surface area contributed by atoms with E-state index in [4.69, 9.17) is 4.74 Å². The van der Waals surface area contributed by atoms with E-state index in [1.807, 2.05) is 54.6 Å². The fourth-order valence-corrected chi connectivity index (χ4v) is 2.34. The van der Waals surface area contributed by atoms with Crippen molar-refractivity contribution < 1.29 is 4.74 Å². The Balaban J connectivity index is 1.81. The van der Waals surface area contributed by atoms with Gasteiger partial charge in [0, 0.05) is 11.4 Å². The molecule has 0 aromatic heterocycles. The van der Waals surface area contributed by atoms with E-state index in [1.54, 1.807) is 7.11 Å². The van der Waals surface area contributed by atoms with Crippen LogP contribution < -0.4 is 10.1 Å². The van der Waals surface area contributed by atoms with Crippen molar-refractivity contribution in [3.63, 3.8) is 0 Å². The van der Waals surface area contributed by atoms with Crippen molar-refractivity contribution in [3.05, 3.63) is 90.0 Å². The highest BCUT2D eigenvalue weighted by Crippen LogP contribution is 2.24. The molecule has 3 aromatic rings. The molecule has 3 aromatic carbocycles. The molecular weight excluding hydrogens is 282 g/mol. The van der Waals surface area contributed by atoms with Crippen LogP contribution in [0.3, 0.4) is 0 Å². The van der Waals surface area contributed by atoms with Crippen LogP contribution in [0, 0.1) is 0 Å². The molecule has 114 valence electrons. The number of hydrogen-bond donors (Lipinski definition) is 1. The molecule has 23 heavy (non-hydrogen) atoms. The van der Waals surface area contributed by atoms with Crippen LogP contribution in [-0.2, 0) is 0 Å². The van der Waals surface area contributed by atoms with E-state index in [2.05, 4.69) is 41.7 Å². The molecule has 0 saturated heterocycles. The number of anilines is 2. The largest absolute Gasteiger partial charge is 0.497 e. The molecule has 0 unspecified atom stereocenters. The molecule has 1 N–H and O–H groups in total. The molecule has 0 fully saturated rings. The van der Waals surface area contributed by atoms with Gasteiger partial charge in [0.05, 0.1) is 7.11 Å². The Bertz CT molecular complexity index is 776. The van der Waals surface area contributed by atoms with E-state index in [0.29, 0.717) is 0 Å². The first-order chi connectivity index (χ1) is 11.3. The molecule has 2 heteroatoms. The summed E-state index contributed by atoms with van der Waals surface area (Å²) in [6.45, 7) is 0. The Morgan fingerprint density at radius 2 is 1.43 bits per heavy atom. The van der Waals surface area contributed by atoms with Gasteiger partial charge < -0.3 is 10.1 Å². The first kappa shape index (κ1) is 14.9. The Morgan fingerprint density at radius 3 is 2.17 bits per heavy atom. The lowest BCUT2D eigenvalue weighted by Crippen LogP contribution is -1.93. The third-order valence-corrected chi connectivity index (χ3v) is 3.58. The number of methoxy groups -OCH3 is 1. The van der Waals surface area contributed by atoms with Gasteiger partial charge in [-0.15, -0.1) is 0 Å². The van der Waals surface area contributed by atoms with Crippen LogP contribution in [0.1, 0.15) is 11.1 Å². The van der Waals surface area contributed by atoms with E-state index in [0.717, 1.165) is 22.7 Å². The summed E-state index contributed by atoms with van der Waals surface area (Å²) in [4.78, 5) is 0. The maximum atomic E-state index is 5.19. The fourth-order valence-electron chi connectivity index (χ4n) is 2.34. The third kappa shape index (κ3) is 4.01. The molecule has 3 rings (SSSR count). The first-order valence-electron chi connectivity index (χ1n) is 7.58. The summed E-state index contributed by atoms with van der Waals surface area (Å²) in [5, 5.41) is 3.45. The highest BCUT2D eigenvalue weighted by molar-refractivity contribution is 5.78. The first-order valence-corrected chi connectivity index (χ1v) is 7.58. The summed E-state index contributed by atoms with van der Waals surface area (Å²) < 4.78 is 5.19. The van der Waals surface area contributed by atoms with Crippen molar-refractivity contribution >= 4 is 23.5 Å². The summed E-state index contributed by atoms with van der Waals surface area (Å²) in [7, 11) is 1.67. The van der Waals surface area contributed by atoms with Gasteiger partial charge >= 0.3 is 0 Å². The third-order valence-electron chi connectivity index (χ3n) is 3.58. The Hall–Kier alpha value is -3.00. The number of ether oxygens (including phenoxy) is 1. The lowest BCUT2D eigenvalue weighted by molar-refractivity contribution is 0.415. The van der Waals surface area contributed by atoms with Crippen molar-refractivity contribution in [2.24, 2.45) is 0 Å². The number of benzene rings is 3. The molecule has 0 saturated carbocycles. The average molecular weight is 301 g/mol. The van der Waals surface area contributed by atoms with Crippen molar-refractivity contribution in [1.29, 1.82) is 0 Å². The Labute approximate surface area is 137 Å². The minimum absolute atomic E-state index is 0.854. The molecule has 0 spiro atoms. The van der Waals surface area contributed by atoms with E-state index < -0.39 is 0 Å². The maximum Gasteiger partial charge on any atom is 0.119 e. The quantitative estimate of drug-likeness (QED) is 0.618. The van der Waals surface area contributed by atoms with Crippen LogP contribution in [0.2, 0.25) is 0 Å². The minimum Gasteiger partial charge on any atom is -0.497 e. The zero-order valence-corrected chi connectivity index (χ0v) is 13.1. The zero-order chi connectivity index (χ0) is 15.9. The molecule has 0 heterocycles. The van der Waals surface area contributed by atoms with Crippen LogP contribution in [0.4, 0.5) is 11.4 Å². The summed E-state index contributed by atoms with van der Waals surface area (Å²) in [6.07, 6.45) is 4.25. The van der Waals surface area contributed by atoms with Gasteiger partial charge in [0.2, 0.25) is 0 Å². The van der Waals surface area contributed by atoms with Gasteiger partial charge in [-0.3, -0.25) is 0 Å². The second-order valence-corrected chi connectivity index (χ2v) is 5.18. The van der Waals surface area contributed by atoms with Gasteiger partial charge in [-0.05, 0) is 41.5 Å². The van der Waals surface area contributed by atoms with Crippen molar-refractivity contribution in [2.75, 3.05) is 12.4 Å². The van der Waals surface area contributed by atoms with Gasteiger partial charge in [-0.1, -0.05) is 60.7 Å². The van der Waals surface area contributed by atoms with Crippen molar-refractivity contribution in [2.45, 2.75) is 0 Å². The lowest BCUT2D eigenvalue weighted by atomic mass is 10.1. The van der Waals surface area contributed by atoms with Crippen molar-refractivity contribution in [1.82, 2.24) is 0 Å². The SMILES string of the molecule is COc1ccc(Nc2ccccc2/C=C/c2ccccc2)cc1. The summed E-state index contributed by atoms with van der Waals surface area (Å²) in [5.41, 5.74) is 4.44. The molecule has 0 aliphatic carbocycles. The monoisotopic (exact) mass is 301 g/mol. The Kier molecular flexibility index (Phi) is 4.75. The molecule has 0 bridgehead atoms. The van der Waals surface area contributed by atoms with Crippen LogP contribution in [0.25, 0.3) is 12.2 Å². The predicted molar refractivity (Wildman–Crippen MR) is 98.1 cm³/mol. The zero-order valence-electron chi connectivity index (χ0n) is 13.1. The minimum atomic E-state index is 0.854. The van der Waals surface area contributed by atoms with E-state index in [-0.39, 0.29) is 0 Å². The van der Waals surface area contributed by atoms with E-state index in [1.165, 1.54) is 5.56 Å². The van der Waals surface area contributed by atoms with E-state index in [9.17, 15) is 0 Å². The van der Waals surface area contributed by atoms with Gasteiger partial charge in [0.15, 0.2) is 0 Å². The van der Waals surface area contributed by atoms with Gasteiger partial charge in [0.25, 0.3) is 0 Å². The summed E-state index contributed by atoms with van der Waals surface area (Å²) in [5.74, 6) is 0.854. The molecule has 0 amide bonds. The van der Waals surface area contributed by atoms with Gasteiger partial charge in [-0.25, -0.2) is 0 Å². The highest BCUT2D eigenvalue weighted by atomic mass is 16.5. The molecule has 0 radical (unpaired) electrons. The second kappa shape index (κ2) is 7.32. The summed E-state index contributed by atoms with van der Waals surface area (Å²) >= 11 is 0. The maximum absolute atomic E-state index is 5.19. The number of hydrogen-bond acceptors (Lipinski definition) is 2.